The summed E-state index contributed by atoms with van der Waals surface area (Å²) in [6, 6.07) is 1.25. The predicted octanol–water partition coefficient (Wildman–Crippen LogP) is -1.59. The molecule has 0 aliphatic rings. The van der Waals surface area contributed by atoms with Gasteiger partial charge in [-0.3, -0.25) is 19.6 Å². The first kappa shape index (κ1) is 12.2. The largest absolute Gasteiger partial charge is 0.331 e. The van der Waals surface area contributed by atoms with Crippen LogP contribution in [0.25, 0.3) is 0 Å². The number of carbonyl (C=O) groups excluding carboxylic acids is 1. The van der Waals surface area contributed by atoms with Crippen molar-refractivity contribution in [2.24, 2.45) is 5.84 Å². The summed E-state index contributed by atoms with van der Waals surface area (Å²) in [5, 5.41) is 0. The molecule has 7 heteroatoms. The molecular formula is C9H14N4O3. The van der Waals surface area contributed by atoms with Crippen LogP contribution in [0.5, 0.6) is 0 Å². The molecule has 1 amide bonds. The van der Waals surface area contributed by atoms with E-state index in [0.717, 1.165) is 11.0 Å². The first-order valence-corrected chi connectivity index (χ1v) is 4.90. The smallest absolute Gasteiger partial charge is 0.300 e. The van der Waals surface area contributed by atoms with Gasteiger partial charge < -0.3 is 4.57 Å². The summed E-state index contributed by atoms with van der Waals surface area (Å²) in [4.78, 5) is 34.1. The van der Waals surface area contributed by atoms with Gasteiger partial charge in [0.2, 0.25) is 0 Å². The molecule has 0 aromatic carbocycles. The van der Waals surface area contributed by atoms with Crippen LogP contribution in [0, 0.1) is 0 Å². The van der Waals surface area contributed by atoms with Crippen LogP contribution in [-0.2, 0) is 17.9 Å². The van der Waals surface area contributed by atoms with Gasteiger partial charge in [-0.05, 0) is 6.42 Å². The SMILES string of the molecule is CCCn1ccc(=O)n(CC(=O)NN)c1=O. The molecule has 0 fully saturated rings. The fraction of sp³-hybridized carbons (Fsp3) is 0.444. The number of aryl methyl sites for hydroxylation is 1. The zero-order valence-corrected chi connectivity index (χ0v) is 8.97. The maximum atomic E-state index is 11.7. The van der Waals surface area contributed by atoms with E-state index in [1.165, 1.54) is 16.8 Å². The number of nitrogens with zero attached hydrogens (tertiary/aromatic N) is 2. The molecule has 0 aliphatic heterocycles. The minimum atomic E-state index is -0.589. The van der Waals surface area contributed by atoms with Crippen molar-refractivity contribution in [3.8, 4) is 0 Å². The van der Waals surface area contributed by atoms with E-state index < -0.39 is 17.2 Å². The number of amides is 1. The third kappa shape index (κ3) is 2.57. The molecule has 0 atom stereocenters. The number of aromatic nitrogens is 2. The zero-order valence-electron chi connectivity index (χ0n) is 8.97. The Balaban J connectivity index is 3.16. The summed E-state index contributed by atoms with van der Waals surface area (Å²) in [6.07, 6.45) is 2.19. The summed E-state index contributed by atoms with van der Waals surface area (Å²) in [7, 11) is 0. The zero-order chi connectivity index (χ0) is 12.1. The fourth-order valence-corrected chi connectivity index (χ4v) is 1.30. The lowest BCUT2D eigenvalue weighted by Crippen LogP contribution is -2.44. The van der Waals surface area contributed by atoms with Crippen molar-refractivity contribution in [2.75, 3.05) is 0 Å². The monoisotopic (exact) mass is 226 g/mol. The number of hydrogen-bond acceptors (Lipinski definition) is 4. The third-order valence-electron chi connectivity index (χ3n) is 2.07. The number of nitrogens with two attached hydrogens (primary N) is 1. The molecular weight excluding hydrogens is 212 g/mol. The standard InChI is InChI=1S/C9H14N4O3/c1-2-4-12-5-3-8(15)13(9(12)16)6-7(14)11-10/h3,5H,2,4,6,10H2,1H3,(H,11,14). The van der Waals surface area contributed by atoms with Crippen LogP contribution >= 0.6 is 0 Å². The Kier molecular flexibility index (Phi) is 4.01. The average molecular weight is 226 g/mol. The molecule has 1 aromatic rings. The Morgan fingerprint density at radius 2 is 2.19 bits per heavy atom. The topological polar surface area (TPSA) is 99.1 Å². The highest BCUT2D eigenvalue weighted by Crippen LogP contribution is 1.83. The van der Waals surface area contributed by atoms with Crippen molar-refractivity contribution in [1.29, 1.82) is 0 Å². The van der Waals surface area contributed by atoms with Gasteiger partial charge in [-0.2, -0.15) is 0 Å². The van der Waals surface area contributed by atoms with E-state index in [1.54, 1.807) is 0 Å². The maximum Gasteiger partial charge on any atom is 0.331 e. The molecule has 0 spiro atoms. The fourth-order valence-electron chi connectivity index (χ4n) is 1.30. The van der Waals surface area contributed by atoms with E-state index in [-0.39, 0.29) is 6.54 Å². The number of carbonyl (C=O) groups is 1. The number of nitrogens with one attached hydrogen (secondary N) is 1. The van der Waals surface area contributed by atoms with Crippen molar-refractivity contribution in [3.05, 3.63) is 33.1 Å². The summed E-state index contributed by atoms with van der Waals surface area (Å²) < 4.78 is 2.23. The molecule has 7 nitrogen and oxygen atoms in total. The first-order chi connectivity index (χ1) is 7.60. The Morgan fingerprint density at radius 1 is 1.50 bits per heavy atom. The summed E-state index contributed by atoms with van der Waals surface area (Å²) in [6.45, 7) is 2.05. The summed E-state index contributed by atoms with van der Waals surface area (Å²) in [5.41, 5.74) is 0.858. The van der Waals surface area contributed by atoms with Crippen molar-refractivity contribution in [3.63, 3.8) is 0 Å². The van der Waals surface area contributed by atoms with Crippen LogP contribution in [0.3, 0.4) is 0 Å². The predicted molar refractivity (Wildman–Crippen MR) is 57.6 cm³/mol. The van der Waals surface area contributed by atoms with Crippen molar-refractivity contribution in [1.82, 2.24) is 14.6 Å². The molecule has 88 valence electrons. The molecule has 0 aliphatic carbocycles. The van der Waals surface area contributed by atoms with Gasteiger partial charge in [0.15, 0.2) is 0 Å². The van der Waals surface area contributed by atoms with Crippen molar-refractivity contribution >= 4 is 5.91 Å². The van der Waals surface area contributed by atoms with E-state index in [4.69, 9.17) is 5.84 Å². The molecule has 1 heterocycles. The number of rotatable bonds is 4. The molecule has 1 rings (SSSR count). The Labute approximate surface area is 91.5 Å². The molecule has 16 heavy (non-hydrogen) atoms. The van der Waals surface area contributed by atoms with Crippen LogP contribution in [0.1, 0.15) is 13.3 Å². The van der Waals surface area contributed by atoms with E-state index in [1.807, 2.05) is 12.3 Å². The molecule has 0 saturated carbocycles. The third-order valence-corrected chi connectivity index (χ3v) is 2.07. The van der Waals surface area contributed by atoms with Gasteiger partial charge in [0.05, 0.1) is 0 Å². The molecule has 1 aromatic heterocycles. The van der Waals surface area contributed by atoms with E-state index >= 15 is 0 Å². The van der Waals surface area contributed by atoms with Crippen molar-refractivity contribution in [2.45, 2.75) is 26.4 Å². The van der Waals surface area contributed by atoms with Gasteiger partial charge in [0.1, 0.15) is 6.54 Å². The number of hydrogen-bond donors (Lipinski definition) is 2. The van der Waals surface area contributed by atoms with Gasteiger partial charge in [0.25, 0.3) is 11.5 Å². The van der Waals surface area contributed by atoms with Gasteiger partial charge >= 0.3 is 5.69 Å². The van der Waals surface area contributed by atoms with Crippen LogP contribution in [0.2, 0.25) is 0 Å². The maximum absolute atomic E-state index is 11.7. The highest BCUT2D eigenvalue weighted by molar-refractivity contribution is 5.74. The second-order valence-corrected chi connectivity index (χ2v) is 3.28. The molecule has 0 saturated heterocycles. The Morgan fingerprint density at radius 3 is 2.75 bits per heavy atom. The number of hydrazine groups is 1. The van der Waals surface area contributed by atoms with Gasteiger partial charge in [0, 0.05) is 18.8 Å². The minimum Gasteiger partial charge on any atom is -0.300 e. The highest BCUT2D eigenvalue weighted by Gasteiger charge is 2.08. The van der Waals surface area contributed by atoms with E-state index in [9.17, 15) is 14.4 Å². The van der Waals surface area contributed by atoms with Crippen LogP contribution < -0.4 is 22.5 Å². The molecule has 0 unspecified atom stereocenters. The normalized spacial score (nSPS) is 10.1. The molecule has 0 bridgehead atoms. The first-order valence-electron chi connectivity index (χ1n) is 4.90. The second kappa shape index (κ2) is 5.26. The van der Waals surface area contributed by atoms with Crippen LogP contribution in [-0.4, -0.2) is 15.0 Å². The summed E-state index contributed by atoms with van der Waals surface area (Å²) >= 11 is 0. The second-order valence-electron chi connectivity index (χ2n) is 3.28. The van der Waals surface area contributed by atoms with E-state index in [2.05, 4.69) is 0 Å². The van der Waals surface area contributed by atoms with Gasteiger partial charge in [-0.25, -0.2) is 10.6 Å². The Hall–Kier alpha value is -1.89. The summed E-state index contributed by atoms with van der Waals surface area (Å²) in [5.74, 6) is 4.30. The van der Waals surface area contributed by atoms with E-state index in [0.29, 0.717) is 6.54 Å². The molecule has 0 radical (unpaired) electrons. The average Bonchev–Trinajstić information content (AvgIpc) is 2.28. The highest BCUT2D eigenvalue weighted by atomic mass is 16.2. The van der Waals surface area contributed by atoms with Crippen LogP contribution in [0.15, 0.2) is 21.9 Å². The Bertz CT molecular complexity index is 488. The molecule has 3 N–H and O–H groups in total. The van der Waals surface area contributed by atoms with Gasteiger partial charge in [-0.1, -0.05) is 6.92 Å². The lowest BCUT2D eigenvalue weighted by Gasteiger charge is -2.07. The van der Waals surface area contributed by atoms with Crippen LogP contribution in [0.4, 0.5) is 0 Å². The van der Waals surface area contributed by atoms with Gasteiger partial charge in [-0.15, -0.1) is 0 Å². The lowest BCUT2D eigenvalue weighted by atomic mass is 10.4. The minimum absolute atomic E-state index is 0.362. The quantitative estimate of drug-likeness (QED) is 0.367. The van der Waals surface area contributed by atoms with Crippen molar-refractivity contribution < 1.29 is 4.79 Å². The lowest BCUT2D eigenvalue weighted by molar-refractivity contribution is -0.121.